The average Bonchev–Trinajstić information content (AvgIpc) is 2.98. The molecule has 1 aliphatic rings. The average molecular weight is 203 g/mol. The molecule has 80 valence electrons. The first-order chi connectivity index (χ1) is 7.18. The predicted molar refractivity (Wildman–Crippen MR) is 61.5 cm³/mol. The van der Waals surface area contributed by atoms with Crippen LogP contribution in [-0.4, -0.2) is 5.91 Å². The van der Waals surface area contributed by atoms with Crippen LogP contribution in [0.15, 0.2) is 30.3 Å². The fraction of sp³-hybridized carbons (Fsp3) is 0.462. The summed E-state index contributed by atoms with van der Waals surface area (Å²) in [6.45, 7) is 4.36. The van der Waals surface area contributed by atoms with Gasteiger partial charge >= 0.3 is 0 Å². The Bertz CT molecular complexity index is 345. The third-order valence-corrected chi connectivity index (χ3v) is 3.07. The van der Waals surface area contributed by atoms with Crippen LogP contribution in [0.5, 0.6) is 0 Å². The number of rotatable bonds is 3. The first kappa shape index (κ1) is 10.2. The zero-order valence-corrected chi connectivity index (χ0v) is 9.23. The Hall–Kier alpha value is -1.31. The fourth-order valence-electron chi connectivity index (χ4n) is 2.01. The quantitative estimate of drug-likeness (QED) is 0.804. The minimum atomic E-state index is 0.180. The van der Waals surface area contributed by atoms with Gasteiger partial charge in [0, 0.05) is 11.6 Å². The van der Waals surface area contributed by atoms with Crippen LogP contribution in [0.2, 0.25) is 0 Å². The van der Waals surface area contributed by atoms with Crippen LogP contribution in [0, 0.1) is 17.8 Å². The Morgan fingerprint density at radius 2 is 2.00 bits per heavy atom. The Morgan fingerprint density at radius 1 is 1.33 bits per heavy atom. The number of hydrogen-bond acceptors (Lipinski definition) is 1. The molecule has 1 saturated carbocycles. The molecular formula is C13H17NO. The molecule has 1 aromatic carbocycles. The van der Waals surface area contributed by atoms with E-state index in [1.54, 1.807) is 0 Å². The summed E-state index contributed by atoms with van der Waals surface area (Å²) in [6, 6.07) is 9.66. The van der Waals surface area contributed by atoms with E-state index in [1.165, 1.54) is 0 Å². The van der Waals surface area contributed by atoms with Crippen LogP contribution >= 0.6 is 0 Å². The van der Waals surface area contributed by atoms with Gasteiger partial charge in [0.1, 0.15) is 0 Å². The maximum Gasteiger partial charge on any atom is 0.227 e. The molecule has 2 nitrogen and oxygen atoms in total. The molecule has 0 aliphatic heterocycles. The minimum Gasteiger partial charge on any atom is -0.326 e. The molecule has 0 bridgehead atoms. The molecule has 0 radical (unpaired) electrons. The Balaban J connectivity index is 1.90. The number of carbonyl (C=O) groups excluding carboxylic acids is 1. The van der Waals surface area contributed by atoms with Gasteiger partial charge in [-0.2, -0.15) is 0 Å². The highest BCUT2D eigenvalue weighted by Crippen LogP contribution is 2.44. The standard InChI is InChI=1S/C13H17NO/c1-9(2)11-8-12(11)13(15)14-10-6-4-3-5-7-10/h3-7,9,11-12H,8H2,1-2H3,(H,14,15)/t11-,12+/m1/s1. The van der Waals surface area contributed by atoms with Gasteiger partial charge in [-0.15, -0.1) is 0 Å². The molecule has 1 fully saturated rings. The third kappa shape index (κ3) is 2.38. The lowest BCUT2D eigenvalue weighted by Crippen LogP contribution is -2.15. The second-order valence-corrected chi connectivity index (χ2v) is 4.61. The van der Waals surface area contributed by atoms with Gasteiger partial charge in [-0.05, 0) is 30.4 Å². The molecule has 1 aliphatic carbocycles. The van der Waals surface area contributed by atoms with Crippen molar-refractivity contribution in [1.29, 1.82) is 0 Å². The normalized spacial score (nSPS) is 23.9. The number of anilines is 1. The first-order valence-electron chi connectivity index (χ1n) is 5.54. The van der Waals surface area contributed by atoms with Crippen molar-refractivity contribution in [3.63, 3.8) is 0 Å². The lowest BCUT2D eigenvalue weighted by atomic mass is 10.1. The lowest BCUT2D eigenvalue weighted by molar-refractivity contribution is -0.117. The van der Waals surface area contributed by atoms with Gasteiger partial charge in [-0.3, -0.25) is 4.79 Å². The number of para-hydroxylation sites is 1. The van der Waals surface area contributed by atoms with E-state index >= 15 is 0 Å². The number of benzene rings is 1. The van der Waals surface area contributed by atoms with Gasteiger partial charge in [-0.1, -0.05) is 32.0 Å². The van der Waals surface area contributed by atoms with Crippen LogP contribution in [0.25, 0.3) is 0 Å². The Kier molecular flexibility index (Phi) is 2.76. The van der Waals surface area contributed by atoms with Crippen LogP contribution in [0.3, 0.4) is 0 Å². The van der Waals surface area contributed by atoms with Crippen LogP contribution < -0.4 is 5.32 Å². The molecule has 2 rings (SSSR count). The minimum absolute atomic E-state index is 0.180. The zero-order valence-electron chi connectivity index (χ0n) is 9.23. The molecular weight excluding hydrogens is 186 g/mol. The van der Waals surface area contributed by atoms with Gasteiger partial charge in [0.25, 0.3) is 0 Å². The van der Waals surface area contributed by atoms with Crippen molar-refractivity contribution in [2.24, 2.45) is 17.8 Å². The van der Waals surface area contributed by atoms with Crippen molar-refractivity contribution >= 4 is 11.6 Å². The van der Waals surface area contributed by atoms with E-state index < -0.39 is 0 Å². The molecule has 0 saturated heterocycles. The van der Waals surface area contributed by atoms with Crippen LogP contribution in [-0.2, 0) is 4.79 Å². The van der Waals surface area contributed by atoms with Gasteiger partial charge < -0.3 is 5.32 Å². The topological polar surface area (TPSA) is 29.1 Å². The fourth-order valence-corrected chi connectivity index (χ4v) is 2.01. The van der Waals surface area contributed by atoms with Crippen molar-refractivity contribution in [2.75, 3.05) is 5.32 Å². The zero-order chi connectivity index (χ0) is 10.8. The molecule has 1 N–H and O–H groups in total. The highest BCUT2D eigenvalue weighted by molar-refractivity contribution is 5.94. The van der Waals surface area contributed by atoms with Gasteiger partial charge in [0.15, 0.2) is 0 Å². The summed E-state index contributed by atoms with van der Waals surface area (Å²) in [7, 11) is 0. The summed E-state index contributed by atoms with van der Waals surface area (Å²) in [4.78, 5) is 11.8. The summed E-state index contributed by atoms with van der Waals surface area (Å²) in [5.74, 6) is 1.63. The second-order valence-electron chi connectivity index (χ2n) is 4.61. The number of nitrogens with one attached hydrogen (secondary N) is 1. The maximum absolute atomic E-state index is 11.8. The molecule has 0 aromatic heterocycles. The summed E-state index contributed by atoms with van der Waals surface area (Å²) in [5.41, 5.74) is 0.900. The van der Waals surface area contributed by atoms with Crippen LogP contribution in [0.1, 0.15) is 20.3 Å². The maximum atomic E-state index is 11.8. The molecule has 0 heterocycles. The van der Waals surface area contributed by atoms with Crippen molar-refractivity contribution < 1.29 is 4.79 Å². The Morgan fingerprint density at radius 3 is 2.53 bits per heavy atom. The number of amides is 1. The number of hydrogen-bond donors (Lipinski definition) is 1. The third-order valence-electron chi connectivity index (χ3n) is 3.07. The van der Waals surface area contributed by atoms with E-state index in [1.807, 2.05) is 30.3 Å². The van der Waals surface area contributed by atoms with Crippen molar-refractivity contribution in [2.45, 2.75) is 20.3 Å². The summed E-state index contributed by atoms with van der Waals surface area (Å²) >= 11 is 0. The van der Waals surface area contributed by atoms with Gasteiger partial charge in [0.2, 0.25) is 5.91 Å². The predicted octanol–water partition coefficient (Wildman–Crippen LogP) is 2.92. The van der Waals surface area contributed by atoms with Gasteiger partial charge in [-0.25, -0.2) is 0 Å². The molecule has 0 spiro atoms. The molecule has 15 heavy (non-hydrogen) atoms. The SMILES string of the molecule is CC(C)[C@H]1C[C@@H]1C(=O)Nc1ccccc1. The molecule has 1 aromatic rings. The summed E-state index contributed by atoms with van der Waals surface area (Å²) in [5, 5.41) is 2.95. The van der Waals surface area contributed by atoms with Crippen molar-refractivity contribution in [3.8, 4) is 0 Å². The first-order valence-corrected chi connectivity index (χ1v) is 5.54. The Labute approximate surface area is 90.7 Å². The van der Waals surface area contributed by atoms with E-state index in [2.05, 4.69) is 19.2 Å². The van der Waals surface area contributed by atoms with Crippen molar-refractivity contribution in [3.05, 3.63) is 30.3 Å². The smallest absolute Gasteiger partial charge is 0.227 e. The summed E-state index contributed by atoms with van der Waals surface area (Å²) < 4.78 is 0. The monoisotopic (exact) mass is 203 g/mol. The second kappa shape index (κ2) is 4.05. The van der Waals surface area contributed by atoms with Crippen LogP contribution in [0.4, 0.5) is 5.69 Å². The number of carbonyl (C=O) groups is 1. The van der Waals surface area contributed by atoms with E-state index in [0.717, 1.165) is 12.1 Å². The van der Waals surface area contributed by atoms with E-state index in [-0.39, 0.29) is 11.8 Å². The highest BCUT2D eigenvalue weighted by atomic mass is 16.2. The highest BCUT2D eigenvalue weighted by Gasteiger charge is 2.44. The van der Waals surface area contributed by atoms with Crippen molar-refractivity contribution in [1.82, 2.24) is 0 Å². The lowest BCUT2D eigenvalue weighted by Gasteiger charge is -2.05. The molecule has 0 unspecified atom stereocenters. The van der Waals surface area contributed by atoms with E-state index in [9.17, 15) is 4.79 Å². The van der Waals surface area contributed by atoms with Gasteiger partial charge in [0.05, 0.1) is 0 Å². The molecule has 1 amide bonds. The summed E-state index contributed by atoms with van der Waals surface area (Å²) in [6.07, 6.45) is 1.05. The van der Waals surface area contributed by atoms with E-state index in [0.29, 0.717) is 11.8 Å². The molecule has 2 atom stereocenters. The molecule has 2 heteroatoms. The largest absolute Gasteiger partial charge is 0.326 e. The van der Waals surface area contributed by atoms with E-state index in [4.69, 9.17) is 0 Å².